The molecule has 2 atom stereocenters. The standard InChI is InChI=1S/C11H18N2O/c1-13-8-7-10(11(13)14)12-9-5-3-2-4-6-9/h3,5,9-10,12H,2,4,6-8H2,1H3. The smallest absolute Gasteiger partial charge is 0.239 e. The highest BCUT2D eigenvalue weighted by Gasteiger charge is 2.30. The molecule has 1 aliphatic carbocycles. The summed E-state index contributed by atoms with van der Waals surface area (Å²) in [6.45, 7) is 0.896. The zero-order valence-electron chi connectivity index (χ0n) is 8.70. The number of nitrogens with zero attached hydrogens (tertiary/aromatic N) is 1. The summed E-state index contributed by atoms with van der Waals surface area (Å²) in [5.41, 5.74) is 0. The summed E-state index contributed by atoms with van der Waals surface area (Å²) in [5, 5.41) is 3.42. The van der Waals surface area contributed by atoms with Crippen molar-refractivity contribution >= 4 is 5.91 Å². The minimum atomic E-state index is 0.0627. The zero-order chi connectivity index (χ0) is 9.97. The Morgan fingerprint density at radius 3 is 2.93 bits per heavy atom. The third-order valence-electron chi connectivity index (χ3n) is 3.10. The number of amides is 1. The van der Waals surface area contributed by atoms with Gasteiger partial charge in [-0.2, -0.15) is 0 Å². The van der Waals surface area contributed by atoms with Crippen LogP contribution in [0.5, 0.6) is 0 Å². The maximum atomic E-state index is 11.6. The van der Waals surface area contributed by atoms with Gasteiger partial charge in [0, 0.05) is 19.6 Å². The van der Waals surface area contributed by atoms with Gasteiger partial charge < -0.3 is 4.90 Å². The fraction of sp³-hybridized carbons (Fsp3) is 0.727. The van der Waals surface area contributed by atoms with Gasteiger partial charge in [0.25, 0.3) is 0 Å². The van der Waals surface area contributed by atoms with Gasteiger partial charge in [-0.1, -0.05) is 12.2 Å². The molecule has 0 bridgehead atoms. The van der Waals surface area contributed by atoms with Crippen LogP contribution in [0.3, 0.4) is 0 Å². The van der Waals surface area contributed by atoms with Crippen LogP contribution in [0.2, 0.25) is 0 Å². The van der Waals surface area contributed by atoms with Crippen molar-refractivity contribution in [1.82, 2.24) is 10.2 Å². The van der Waals surface area contributed by atoms with Crippen LogP contribution in [0.15, 0.2) is 12.2 Å². The van der Waals surface area contributed by atoms with Crippen molar-refractivity contribution in [3.05, 3.63) is 12.2 Å². The van der Waals surface area contributed by atoms with Gasteiger partial charge in [0.15, 0.2) is 0 Å². The highest BCUT2D eigenvalue weighted by atomic mass is 16.2. The van der Waals surface area contributed by atoms with Crippen LogP contribution in [0.25, 0.3) is 0 Å². The summed E-state index contributed by atoms with van der Waals surface area (Å²) in [7, 11) is 1.88. The van der Waals surface area contributed by atoms with E-state index in [1.165, 1.54) is 19.3 Å². The van der Waals surface area contributed by atoms with Crippen molar-refractivity contribution in [2.75, 3.05) is 13.6 Å². The van der Waals surface area contributed by atoms with Gasteiger partial charge in [0.2, 0.25) is 5.91 Å². The van der Waals surface area contributed by atoms with E-state index >= 15 is 0 Å². The summed E-state index contributed by atoms with van der Waals surface area (Å²) in [4.78, 5) is 13.4. The molecule has 78 valence electrons. The number of likely N-dealkylation sites (tertiary alicyclic amines) is 1. The predicted octanol–water partition coefficient (Wildman–Crippen LogP) is 0.915. The van der Waals surface area contributed by atoms with Crippen molar-refractivity contribution in [2.24, 2.45) is 0 Å². The van der Waals surface area contributed by atoms with Gasteiger partial charge in [0.1, 0.15) is 0 Å². The van der Waals surface area contributed by atoms with Crippen LogP contribution in [0.4, 0.5) is 0 Å². The van der Waals surface area contributed by atoms with E-state index in [0.29, 0.717) is 6.04 Å². The van der Waals surface area contributed by atoms with Gasteiger partial charge in [-0.3, -0.25) is 10.1 Å². The molecule has 1 saturated heterocycles. The number of hydrogen-bond acceptors (Lipinski definition) is 2. The average molecular weight is 194 g/mol. The summed E-state index contributed by atoms with van der Waals surface area (Å²) in [5.74, 6) is 0.254. The Morgan fingerprint density at radius 1 is 1.50 bits per heavy atom. The molecule has 1 heterocycles. The maximum Gasteiger partial charge on any atom is 0.239 e. The lowest BCUT2D eigenvalue weighted by Crippen LogP contribution is -2.42. The number of carbonyl (C=O) groups excluding carboxylic acids is 1. The zero-order valence-corrected chi connectivity index (χ0v) is 8.70. The molecular formula is C11H18N2O. The minimum absolute atomic E-state index is 0.0627. The Balaban J connectivity index is 1.88. The molecule has 0 spiro atoms. The summed E-state index contributed by atoms with van der Waals surface area (Å²) in [6.07, 6.45) is 8.98. The monoisotopic (exact) mass is 194 g/mol. The molecule has 2 aliphatic rings. The molecule has 0 saturated carbocycles. The number of hydrogen-bond donors (Lipinski definition) is 1. The Morgan fingerprint density at radius 2 is 2.36 bits per heavy atom. The van der Waals surface area contributed by atoms with E-state index < -0.39 is 0 Å². The van der Waals surface area contributed by atoms with Gasteiger partial charge in [0.05, 0.1) is 6.04 Å². The Hall–Kier alpha value is -0.830. The van der Waals surface area contributed by atoms with Crippen molar-refractivity contribution in [3.63, 3.8) is 0 Å². The average Bonchev–Trinajstić information content (AvgIpc) is 2.52. The van der Waals surface area contributed by atoms with Crippen molar-refractivity contribution in [1.29, 1.82) is 0 Å². The van der Waals surface area contributed by atoms with Crippen molar-refractivity contribution < 1.29 is 4.79 Å². The van der Waals surface area contributed by atoms with Crippen molar-refractivity contribution in [3.8, 4) is 0 Å². The first kappa shape index (κ1) is 9.71. The highest BCUT2D eigenvalue weighted by molar-refractivity contribution is 5.83. The molecule has 0 radical (unpaired) electrons. The molecule has 1 aliphatic heterocycles. The SMILES string of the molecule is CN1CCC(NC2C=CCCC2)C1=O. The van der Waals surface area contributed by atoms with Crippen LogP contribution in [0.1, 0.15) is 25.7 Å². The second-order valence-corrected chi connectivity index (χ2v) is 4.23. The van der Waals surface area contributed by atoms with Crippen LogP contribution >= 0.6 is 0 Å². The van der Waals surface area contributed by atoms with E-state index in [0.717, 1.165) is 13.0 Å². The van der Waals surface area contributed by atoms with E-state index in [1.807, 2.05) is 11.9 Å². The van der Waals surface area contributed by atoms with Crippen LogP contribution < -0.4 is 5.32 Å². The maximum absolute atomic E-state index is 11.6. The molecular weight excluding hydrogens is 176 g/mol. The van der Waals surface area contributed by atoms with Crippen LogP contribution in [-0.4, -0.2) is 36.5 Å². The molecule has 3 nitrogen and oxygen atoms in total. The Labute approximate surface area is 85.2 Å². The third kappa shape index (κ3) is 1.98. The molecule has 14 heavy (non-hydrogen) atoms. The first-order valence-corrected chi connectivity index (χ1v) is 5.45. The second kappa shape index (κ2) is 4.13. The lowest BCUT2D eigenvalue weighted by molar-refractivity contribution is -0.128. The van der Waals surface area contributed by atoms with E-state index in [4.69, 9.17) is 0 Å². The second-order valence-electron chi connectivity index (χ2n) is 4.23. The number of carbonyl (C=O) groups is 1. The van der Waals surface area contributed by atoms with E-state index in [1.54, 1.807) is 0 Å². The fourth-order valence-electron chi connectivity index (χ4n) is 2.19. The van der Waals surface area contributed by atoms with Crippen LogP contribution in [-0.2, 0) is 4.79 Å². The lowest BCUT2D eigenvalue weighted by atomic mass is 10.0. The normalized spacial score (nSPS) is 32.6. The number of rotatable bonds is 2. The first-order valence-electron chi connectivity index (χ1n) is 5.45. The lowest BCUT2D eigenvalue weighted by Gasteiger charge is -2.21. The number of allylic oxidation sites excluding steroid dienone is 1. The van der Waals surface area contributed by atoms with Gasteiger partial charge in [-0.05, 0) is 25.7 Å². The molecule has 1 fully saturated rings. The van der Waals surface area contributed by atoms with E-state index in [2.05, 4.69) is 17.5 Å². The van der Waals surface area contributed by atoms with E-state index in [9.17, 15) is 4.79 Å². The largest absolute Gasteiger partial charge is 0.344 e. The molecule has 1 amide bonds. The molecule has 3 heteroatoms. The van der Waals surface area contributed by atoms with Gasteiger partial charge in [-0.15, -0.1) is 0 Å². The highest BCUT2D eigenvalue weighted by Crippen LogP contribution is 2.14. The minimum Gasteiger partial charge on any atom is -0.344 e. The fourth-order valence-corrected chi connectivity index (χ4v) is 2.19. The molecule has 1 N–H and O–H groups in total. The molecule has 0 aromatic heterocycles. The third-order valence-corrected chi connectivity index (χ3v) is 3.10. The Kier molecular flexibility index (Phi) is 2.87. The predicted molar refractivity (Wildman–Crippen MR) is 56.0 cm³/mol. The van der Waals surface area contributed by atoms with E-state index in [-0.39, 0.29) is 11.9 Å². The van der Waals surface area contributed by atoms with Gasteiger partial charge in [-0.25, -0.2) is 0 Å². The molecule has 0 aromatic rings. The number of likely N-dealkylation sites (N-methyl/N-ethyl adjacent to an activating group) is 1. The summed E-state index contributed by atoms with van der Waals surface area (Å²) >= 11 is 0. The quantitative estimate of drug-likeness (QED) is 0.663. The number of nitrogens with one attached hydrogen (secondary N) is 1. The Bertz CT molecular complexity index is 250. The first-order chi connectivity index (χ1) is 6.77. The van der Waals surface area contributed by atoms with Gasteiger partial charge >= 0.3 is 0 Å². The summed E-state index contributed by atoms with van der Waals surface area (Å²) < 4.78 is 0. The molecule has 2 unspecified atom stereocenters. The molecule has 2 rings (SSSR count). The topological polar surface area (TPSA) is 32.3 Å². The van der Waals surface area contributed by atoms with Crippen LogP contribution in [0, 0.1) is 0 Å². The molecule has 0 aromatic carbocycles. The summed E-state index contributed by atoms with van der Waals surface area (Å²) in [6, 6.07) is 0.483. The van der Waals surface area contributed by atoms with Crippen molar-refractivity contribution in [2.45, 2.75) is 37.8 Å².